The number of primary amides is 1. The van der Waals surface area contributed by atoms with Gasteiger partial charge in [0.2, 0.25) is 11.6 Å². The van der Waals surface area contributed by atoms with Crippen LogP contribution in [0, 0.1) is 0 Å². The van der Waals surface area contributed by atoms with Crippen LogP contribution >= 0.6 is 0 Å². The highest BCUT2D eigenvalue weighted by Crippen LogP contribution is 2.48. The van der Waals surface area contributed by atoms with Gasteiger partial charge in [-0.1, -0.05) is 57.2 Å². The van der Waals surface area contributed by atoms with Crippen molar-refractivity contribution in [2.45, 2.75) is 63.7 Å². The lowest BCUT2D eigenvalue weighted by atomic mass is 9.81. The number of hydrogen-bond acceptors (Lipinski definition) is 5. The molecule has 0 radical (unpaired) electrons. The number of amides is 2. The molecule has 0 spiro atoms. The molecular weight excluding hydrogens is 661 g/mol. The minimum Gasteiger partial charge on any atom is -0.366 e. The first-order chi connectivity index (χ1) is 23.9. The molecule has 3 N–H and O–H groups in total. The van der Waals surface area contributed by atoms with Crippen LogP contribution < -0.4 is 10.6 Å². The Labute approximate surface area is 301 Å². The Hall–Kier alpha value is -5.06. The molecule has 2 aliphatic rings. The standard InChI is InChI=1S/C41H46N4O5S/c1-9-24-45(26-27(2)38(42)46)39(47)30-16-14-28(15-17-30)29(18-22-36-40(3,4)32-12-10-11-13-34(32)43(36)7)19-23-37-41(5,6)33-25-31(51(48,49)50)20-21-35(33)44(37)8/h10-23,25-26H,9,24H2,1-8H3,(H2-,42,46,48,49,50)/p+1/b27-26+. The van der Waals surface area contributed by atoms with E-state index < -0.39 is 21.4 Å². The molecule has 0 aliphatic carbocycles. The first kappa shape index (κ1) is 37.2. The molecule has 10 heteroatoms. The van der Waals surface area contributed by atoms with Gasteiger partial charge in [0, 0.05) is 65.4 Å². The molecule has 3 aromatic carbocycles. The molecule has 2 heterocycles. The van der Waals surface area contributed by atoms with E-state index >= 15 is 0 Å². The van der Waals surface area contributed by atoms with Crippen LogP contribution in [0.1, 0.15) is 75.0 Å². The average molecular weight is 708 g/mol. The van der Waals surface area contributed by atoms with Crippen molar-refractivity contribution in [1.82, 2.24) is 4.90 Å². The molecule has 5 rings (SSSR count). The second-order valence-electron chi connectivity index (χ2n) is 14.2. The molecule has 2 amide bonds. The van der Waals surface area contributed by atoms with Gasteiger partial charge in [-0.25, -0.2) is 0 Å². The number of carbonyl (C=O) groups is 2. The van der Waals surface area contributed by atoms with E-state index in [0.717, 1.165) is 39.5 Å². The molecule has 0 bridgehead atoms. The lowest BCUT2D eigenvalue weighted by Crippen LogP contribution is -2.28. The average Bonchev–Trinajstić information content (AvgIpc) is 3.40. The number of nitrogens with two attached hydrogens (primary N) is 1. The highest BCUT2D eigenvalue weighted by atomic mass is 32.2. The zero-order valence-corrected chi connectivity index (χ0v) is 31.4. The minimum atomic E-state index is -4.37. The number of likely N-dealkylation sites (N-methyl/N-ethyl adjacent to an activating group) is 1. The van der Waals surface area contributed by atoms with Crippen molar-refractivity contribution in [3.63, 3.8) is 0 Å². The Kier molecular flexibility index (Phi) is 10.2. The summed E-state index contributed by atoms with van der Waals surface area (Å²) in [7, 11) is -0.352. The number of allylic oxidation sites excluding steroid dienone is 6. The largest absolute Gasteiger partial charge is 0.366 e. The van der Waals surface area contributed by atoms with E-state index in [4.69, 9.17) is 5.73 Å². The van der Waals surface area contributed by atoms with Gasteiger partial charge < -0.3 is 15.5 Å². The second-order valence-corrected chi connectivity index (χ2v) is 15.6. The van der Waals surface area contributed by atoms with E-state index in [1.807, 2.05) is 63.1 Å². The molecule has 9 nitrogen and oxygen atoms in total. The third kappa shape index (κ3) is 7.11. The van der Waals surface area contributed by atoms with Gasteiger partial charge in [0.05, 0.1) is 10.3 Å². The monoisotopic (exact) mass is 707 g/mol. The number of rotatable bonds is 10. The van der Waals surface area contributed by atoms with Gasteiger partial charge in [0.15, 0.2) is 5.71 Å². The highest BCUT2D eigenvalue weighted by Gasteiger charge is 2.43. The summed E-state index contributed by atoms with van der Waals surface area (Å²) in [6.07, 6.45) is 10.5. The van der Waals surface area contributed by atoms with Crippen LogP contribution in [0.2, 0.25) is 0 Å². The number of fused-ring (bicyclic) bond motifs is 2. The van der Waals surface area contributed by atoms with Crippen molar-refractivity contribution in [3.05, 3.63) is 131 Å². The first-order valence-electron chi connectivity index (χ1n) is 17.0. The summed E-state index contributed by atoms with van der Waals surface area (Å²) >= 11 is 0. The zero-order chi connectivity index (χ0) is 37.5. The van der Waals surface area contributed by atoms with E-state index in [1.54, 1.807) is 25.1 Å². The predicted octanol–water partition coefficient (Wildman–Crippen LogP) is 7.13. The Morgan fingerprint density at radius 2 is 1.61 bits per heavy atom. The van der Waals surface area contributed by atoms with Gasteiger partial charge in [-0.05, 0) is 86.4 Å². The fourth-order valence-corrected chi connectivity index (χ4v) is 7.60. The van der Waals surface area contributed by atoms with E-state index in [9.17, 15) is 22.6 Å². The Morgan fingerprint density at radius 1 is 0.961 bits per heavy atom. The van der Waals surface area contributed by atoms with E-state index in [-0.39, 0.29) is 16.2 Å². The normalized spacial score (nSPS) is 17.7. The van der Waals surface area contributed by atoms with Crippen LogP contribution in [-0.4, -0.2) is 60.6 Å². The van der Waals surface area contributed by atoms with Crippen LogP contribution in [0.15, 0.2) is 113 Å². The highest BCUT2D eigenvalue weighted by molar-refractivity contribution is 7.85. The van der Waals surface area contributed by atoms with Gasteiger partial charge in [0.1, 0.15) is 7.05 Å². The maximum absolute atomic E-state index is 13.5. The third-order valence-electron chi connectivity index (χ3n) is 10.0. The molecule has 51 heavy (non-hydrogen) atoms. The van der Waals surface area contributed by atoms with Crippen molar-refractivity contribution in [2.75, 3.05) is 25.5 Å². The summed E-state index contributed by atoms with van der Waals surface area (Å²) in [5, 5.41) is 0. The maximum Gasteiger partial charge on any atom is 0.294 e. The number of carbonyl (C=O) groups excluding carboxylic acids is 2. The second kappa shape index (κ2) is 13.9. The lowest BCUT2D eigenvalue weighted by Gasteiger charge is -2.24. The van der Waals surface area contributed by atoms with Crippen molar-refractivity contribution >= 4 is 44.6 Å². The third-order valence-corrected chi connectivity index (χ3v) is 10.9. The summed E-state index contributed by atoms with van der Waals surface area (Å²) in [5.74, 6) is -0.809. The summed E-state index contributed by atoms with van der Waals surface area (Å²) in [5.41, 5.74) is 13.3. The number of nitrogens with zero attached hydrogens (tertiary/aromatic N) is 3. The van der Waals surface area contributed by atoms with E-state index in [2.05, 4.69) is 55.8 Å². The first-order valence-corrected chi connectivity index (χ1v) is 18.4. The molecule has 0 saturated carbocycles. The van der Waals surface area contributed by atoms with Crippen molar-refractivity contribution < 1.29 is 27.1 Å². The van der Waals surface area contributed by atoms with Gasteiger partial charge in [-0.2, -0.15) is 13.0 Å². The molecule has 2 aliphatic heterocycles. The van der Waals surface area contributed by atoms with E-state index in [1.165, 1.54) is 28.8 Å². The SMILES string of the molecule is CCCN(/C=C(\C)C(N)=O)C(=O)c1ccc(C(=C\C=C2\N(C)c3ccc(S(=O)(=O)O)cc3C2(C)C)/C=C/C2=[N+](C)c3ccccc3C2(C)C)cc1. The molecule has 0 atom stereocenters. The maximum atomic E-state index is 13.5. The Balaban J connectivity index is 1.59. The van der Waals surface area contributed by atoms with Crippen LogP contribution in [0.5, 0.6) is 0 Å². The van der Waals surface area contributed by atoms with Crippen molar-refractivity contribution in [1.29, 1.82) is 0 Å². The number of benzene rings is 3. The van der Waals surface area contributed by atoms with E-state index in [0.29, 0.717) is 24.1 Å². The topological polar surface area (TPSA) is 124 Å². The molecular formula is C41H47N4O5S+. The smallest absolute Gasteiger partial charge is 0.294 e. The Bertz CT molecular complexity index is 2170. The lowest BCUT2D eigenvalue weighted by molar-refractivity contribution is -0.401. The molecule has 266 valence electrons. The van der Waals surface area contributed by atoms with Gasteiger partial charge in [-0.15, -0.1) is 0 Å². The van der Waals surface area contributed by atoms with Crippen LogP contribution in [0.4, 0.5) is 11.4 Å². The molecule has 0 unspecified atom stereocenters. The quantitative estimate of drug-likeness (QED) is 0.100. The van der Waals surface area contributed by atoms with Gasteiger partial charge in [0.25, 0.3) is 16.0 Å². The number of anilines is 1. The van der Waals surface area contributed by atoms with Gasteiger partial charge in [-0.3, -0.25) is 14.1 Å². The fraction of sp³-hybridized carbons (Fsp3) is 0.293. The molecule has 0 fully saturated rings. The summed E-state index contributed by atoms with van der Waals surface area (Å²) in [4.78, 5) is 28.6. The molecule has 0 saturated heterocycles. The van der Waals surface area contributed by atoms with Gasteiger partial charge >= 0.3 is 0 Å². The zero-order valence-electron chi connectivity index (χ0n) is 30.6. The molecule has 0 aromatic heterocycles. The predicted molar refractivity (Wildman–Crippen MR) is 204 cm³/mol. The van der Waals surface area contributed by atoms with Crippen LogP contribution in [0.25, 0.3) is 5.57 Å². The Morgan fingerprint density at radius 3 is 2.22 bits per heavy atom. The van der Waals surface area contributed by atoms with Crippen molar-refractivity contribution in [3.8, 4) is 0 Å². The summed E-state index contributed by atoms with van der Waals surface area (Å²) in [6, 6.07) is 20.5. The summed E-state index contributed by atoms with van der Waals surface area (Å²) in [6.45, 7) is 12.5. The number of para-hydroxylation sites is 1. The van der Waals surface area contributed by atoms with Crippen LogP contribution in [0.3, 0.4) is 0 Å². The molecule has 3 aromatic rings. The van der Waals surface area contributed by atoms with Crippen molar-refractivity contribution in [2.24, 2.45) is 5.73 Å². The minimum absolute atomic E-state index is 0.142. The van der Waals surface area contributed by atoms with Crippen LogP contribution in [-0.2, 0) is 25.7 Å². The fourth-order valence-electron chi connectivity index (χ4n) is 7.10. The summed E-state index contributed by atoms with van der Waals surface area (Å²) < 4.78 is 35.9. The number of hydrogen-bond donors (Lipinski definition) is 2.